The van der Waals surface area contributed by atoms with Crippen LogP contribution in [0.4, 0.5) is 10.5 Å². The second-order valence-electron chi connectivity index (χ2n) is 9.54. The van der Waals surface area contributed by atoms with E-state index in [9.17, 15) is 14.4 Å². The minimum Gasteiger partial charge on any atom is -0.324 e. The van der Waals surface area contributed by atoms with Crippen molar-refractivity contribution in [2.45, 2.75) is 58.4 Å². The predicted molar refractivity (Wildman–Crippen MR) is 128 cm³/mol. The quantitative estimate of drug-likeness (QED) is 0.715. The van der Waals surface area contributed by atoms with Gasteiger partial charge in [0.2, 0.25) is 11.8 Å². The van der Waals surface area contributed by atoms with Crippen molar-refractivity contribution in [3.8, 4) is 0 Å². The average molecular weight is 462 g/mol. The summed E-state index contributed by atoms with van der Waals surface area (Å²) in [4.78, 5) is 43.3. The first-order chi connectivity index (χ1) is 16.4. The smallest absolute Gasteiger partial charge is 0.324 e. The summed E-state index contributed by atoms with van der Waals surface area (Å²) in [5, 5.41) is 4.23. The van der Waals surface area contributed by atoms with E-state index in [2.05, 4.69) is 10.7 Å². The highest BCUT2D eigenvalue weighted by atomic mass is 16.2. The Morgan fingerprint density at radius 2 is 1.79 bits per heavy atom. The molecule has 3 unspecified atom stereocenters. The molecule has 2 saturated heterocycles. The molecule has 0 bridgehead atoms. The van der Waals surface area contributed by atoms with Crippen LogP contribution in [0.5, 0.6) is 0 Å². The number of rotatable bonds is 5. The third kappa shape index (κ3) is 4.14. The molecule has 2 aromatic rings. The summed E-state index contributed by atoms with van der Waals surface area (Å²) in [6.07, 6.45) is 3.00. The Hall–Kier alpha value is -3.39. The first kappa shape index (κ1) is 22.4. The van der Waals surface area contributed by atoms with E-state index in [1.165, 1.54) is 5.01 Å². The number of aryl methyl sites for hydroxylation is 2. The Balaban J connectivity index is 1.35. The number of fused-ring (bicyclic) bond motifs is 3. The minimum atomic E-state index is -0.589. The summed E-state index contributed by atoms with van der Waals surface area (Å²) in [5.41, 5.74) is 7.11. The molecule has 8 heteroatoms. The first-order valence-corrected chi connectivity index (χ1v) is 12.0. The van der Waals surface area contributed by atoms with Crippen LogP contribution in [-0.2, 0) is 16.1 Å². The molecule has 178 valence electrons. The molecule has 2 heterocycles. The molecule has 3 atom stereocenters. The van der Waals surface area contributed by atoms with Crippen LogP contribution in [0.1, 0.15) is 42.4 Å². The molecule has 0 radical (unpaired) electrons. The zero-order valence-corrected chi connectivity index (χ0v) is 19.7. The number of nitrogens with zero attached hydrogens (tertiary/aromatic N) is 3. The van der Waals surface area contributed by atoms with Gasteiger partial charge in [-0.2, -0.15) is 5.43 Å². The van der Waals surface area contributed by atoms with Gasteiger partial charge >= 0.3 is 6.03 Å². The van der Waals surface area contributed by atoms with Gasteiger partial charge in [0.05, 0.1) is 5.92 Å². The molecular formula is C26H31N5O3. The van der Waals surface area contributed by atoms with Crippen LogP contribution < -0.4 is 10.7 Å². The molecule has 2 aromatic carbocycles. The fraction of sp³-hybridized carbons (Fsp3) is 0.423. The summed E-state index contributed by atoms with van der Waals surface area (Å²) in [6.45, 7) is 4.29. The van der Waals surface area contributed by atoms with Crippen molar-refractivity contribution in [2.75, 3.05) is 11.9 Å². The van der Waals surface area contributed by atoms with E-state index in [1.54, 1.807) is 9.80 Å². The monoisotopic (exact) mass is 461 g/mol. The van der Waals surface area contributed by atoms with Gasteiger partial charge in [-0.05, 0) is 55.5 Å². The maximum Gasteiger partial charge on any atom is 0.337 e. The molecule has 2 aliphatic heterocycles. The van der Waals surface area contributed by atoms with E-state index in [-0.39, 0.29) is 36.3 Å². The van der Waals surface area contributed by atoms with E-state index in [0.717, 1.165) is 42.4 Å². The van der Waals surface area contributed by atoms with Crippen LogP contribution in [-0.4, -0.2) is 51.5 Å². The number of amides is 4. The number of benzene rings is 2. The summed E-state index contributed by atoms with van der Waals surface area (Å²) in [7, 11) is 0. The van der Waals surface area contributed by atoms with E-state index in [4.69, 9.17) is 0 Å². The normalized spacial score (nSPS) is 24.2. The van der Waals surface area contributed by atoms with Crippen LogP contribution in [0.15, 0.2) is 48.5 Å². The lowest BCUT2D eigenvalue weighted by Gasteiger charge is -2.48. The number of carbonyl (C=O) groups is 3. The van der Waals surface area contributed by atoms with Gasteiger partial charge in [-0.15, -0.1) is 0 Å². The maximum absolute atomic E-state index is 13.5. The molecule has 3 fully saturated rings. The van der Waals surface area contributed by atoms with Crippen molar-refractivity contribution in [1.82, 2.24) is 20.2 Å². The summed E-state index contributed by atoms with van der Waals surface area (Å²) in [6, 6.07) is 15.2. The van der Waals surface area contributed by atoms with E-state index >= 15 is 0 Å². The average Bonchev–Trinajstić information content (AvgIpc) is 3.15. The van der Waals surface area contributed by atoms with Gasteiger partial charge in [-0.1, -0.05) is 49.2 Å². The Kier molecular flexibility index (Phi) is 6.00. The Labute approximate surface area is 199 Å². The van der Waals surface area contributed by atoms with Gasteiger partial charge in [0.25, 0.3) is 0 Å². The molecule has 8 nitrogen and oxygen atoms in total. The van der Waals surface area contributed by atoms with Crippen molar-refractivity contribution in [1.29, 1.82) is 0 Å². The standard InChI is InChI=1S/C26H31N5O3/c1-17-12-13-20(14-18(17)2)27-23(32)16-30-26(34)31-22-11-7-6-10-21(22)24(33)29(25(31)28-30)15-19-8-4-3-5-9-19/h3-5,8-9,12-14,21-22,25,28H,6-7,10-11,15-16H2,1-2H3,(H,27,32). The molecule has 2 N–H and O–H groups in total. The Morgan fingerprint density at radius 1 is 1.03 bits per heavy atom. The number of hydrogen-bond acceptors (Lipinski definition) is 4. The number of nitrogens with one attached hydrogen (secondary N) is 2. The number of hydrogen-bond donors (Lipinski definition) is 2. The largest absolute Gasteiger partial charge is 0.337 e. The van der Waals surface area contributed by atoms with Gasteiger partial charge in [0, 0.05) is 18.3 Å². The van der Waals surface area contributed by atoms with Crippen LogP contribution in [0.3, 0.4) is 0 Å². The summed E-state index contributed by atoms with van der Waals surface area (Å²) < 4.78 is 0. The maximum atomic E-state index is 13.5. The Bertz CT molecular complexity index is 1100. The van der Waals surface area contributed by atoms with E-state index < -0.39 is 6.29 Å². The fourth-order valence-electron chi connectivity index (χ4n) is 5.33. The minimum absolute atomic E-state index is 0.0801. The molecule has 4 amide bonds. The van der Waals surface area contributed by atoms with E-state index in [0.29, 0.717) is 12.2 Å². The SMILES string of the molecule is Cc1ccc(NC(=O)CN2NC3N(Cc4ccccc4)C(=O)C4CCCCC4N3C2=O)cc1C. The van der Waals surface area contributed by atoms with Crippen molar-refractivity contribution < 1.29 is 14.4 Å². The van der Waals surface area contributed by atoms with Crippen LogP contribution in [0.25, 0.3) is 0 Å². The molecule has 3 aliphatic rings. The molecule has 1 aliphatic carbocycles. The second-order valence-corrected chi connectivity index (χ2v) is 9.54. The number of urea groups is 1. The first-order valence-electron chi connectivity index (χ1n) is 12.0. The Morgan fingerprint density at radius 3 is 2.56 bits per heavy atom. The van der Waals surface area contributed by atoms with E-state index in [1.807, 2.05) is 62.4 Å². The van der Waals surface area contributed by atoms with Gasteiger partial charge in [-0.3, -0.25) is 14.5 Å². The van der Waals surface area contributed by atoms with Gasteiger partial charge in [0.15, 0.2) is 6.29 Å². The van der Waals surface area contributed by atoms with Gasteiger partial charge in [0.1, 0.15) is 6.54 Å². The van der Waals surface area contributed by atoms with Crippen LogP contribution in [0, 0.1) is 19.8 Å². The zero-order chi connectivity index (χ0) is 23.8. The number of anilines is 1. The lowest BCUT2D eigenvalue weighted by molar-refractivity contribution is -0.157. The van der Waals surface area contributed by atoms with Gasteiger partial charge < -0.3 is 10.2 Å². The predicted octanol–water partition coefficient (Wildman–Crippen LogP) is 3.37. The van der Waals surface area contributed by atoms with Crippen molar-refractivity contribution in [2.24, 2.45) is 5.92 Å². The molecule has 0 aromatic heterocycles. The second kappa shape index (κ2) is 9.10. The van der Waals surface area contributed by atoms with Crippen molar-refractivity contribution in [3.63, 3.8) is 0 Å². The fourth-order valence-corrected chi connectivity index (χ4v) is 5.33. The molecule has 1 saturated carbocycles. The summed E-state index contributed by atoms with van der Waals surface area (Å²) in [5.74, 6) is -0.398. The highest BCUT2D eigenvalue weighted by molar-refractivity contribution is 5.95. The molecule has 0 spiro atoms. The zero-order valence-electron chi connectivity index (χ0n) is 19.7. The van der Waals surface area contributed by atoms with Crippen LogP contribution in [0.2, 0.25) is 0 Å². The molecular weight excluding hydrogens is 430 g/mol. The topological polar surface area (TPSA) is 85.0 Å². The molecule has 34 heavy (non-hydrogen) atoms. The van der Waals surface area contributed by atoms with Gasteiger partial charge in [-0.25, -0.2) is 9.80 Å². The number of hydrazine groups is 1. The van der Waals surface area contributed by atoms with Crippen LogP contribution >= 0.6 is 0 Å². The number of carbonyl (C=O) groups excluding carboxylic acids is 3. The third-order valence-corrected chi connectivity index (χ3v) is 7.26. The molecule has 5 rings (SSSR count). The third-order valence-electron chi connectivity index (χ3n) is 7.26. The highest BCUT2D eigenvalue weighted by Crippen LogP contribution is 2.38. The lowest BCUT2D eigenvalue weighted by Crippen LogP contribution is -2.65. The van der Waals surface area contributed by atoms with Crippen molar-refractivity contribution >= 4 is 23.5 Å². The summed E-state index contributed by atoms with van der Waals surface area (Å²) >= 11 is 0. The highest BCUT2D eigenvalue weighted by Gasteiger charge is 2.54. The lowest BCUT2D eigenvalue weighted by atomic mass is 9.81. The van der Waals surface area contributed by atoms with Crippen molar-refractivity contribution in [3.05, 3.63) is 65.2 Å².